The Balaban J connectivity index is 4.33. The first-order chi connectivity index (χ1) is 27.6. The van der Waals surface area contributed by atoms with Gasteiger partial charge in [-0.2, -0.15) is 0 Å². The monoisotopic (exact) mass is 781 g/mol. The summed E-state index contributed by atoms with van der Waals surface area (Å²) in [5, 5.41) is 0. The number of carbonyl (C=O) groups excluding carboxylic acids is 2. The third-order valence-electron chi connectivity index (χ3n) is 9.77. The summed E-state index contributed by atoms with van der Waals surface area (Å²) in [6, 6.07) is 0. The zero-order valence-electron chi connectivity index (χ0n) is 36.9. The number of esters is 2. The van der Waals surface area contributed by atoms with E-state index in [1.807, 2.05) is 6.08 Å². The SMILES string of the molecule is CC/C=C\C/C=C\C/C=C\C/C=C\C/C=C\C/C=C\CCC(=O)OCC(COCCCCCCCCCCCC)OC(=O)CCCCCCCCCCCCC. The van der Waals surface area contributed by atoms with E-state index in [4.69, 9.17) is 14.2 Å². The summed E-state index contributed by atoms with van der Waals surface area (Å²) < 4.78 is 17.2. The fourth-order valence-electron chi connectivity index (χ4n) is 6.30. The van der Waals surface area contributed by atoms with Gasteiger partial charge in [-0.15, -0.1) is 0 Å². The highest BCUT2D eigenvalue weighted by Crippen LogP contribution is 2.14. The summed E-state index contributed by atoms with van der Waals surface area (Å²) in [6.07, 6.45) is 59.1. The first-order valence-corrected chi connectivity index (χ1v) is 23.5. The van der Waals surface area contributed by atoms with E-state index in [0.29, 0.717) is 25.9 Å². The molecule has 0 N–H and O–H groups in total. The van der Waals surface area contributed by atoms with Crippen LogP contribution < -0.4 is 0 Å². The van der Waals surface area contributed by atoms with Gasteiger partial charge < -0.3 is 14.2 Å². The number of ether oxygens (including phenoxy) is 3. The molecular weight excluding hydrogens is 693 g/mol. The largest absolute Gasteiger partial charge is 0.462 e. The Hall–Kier alpha value is -2.66. The van der Waals surface area contributed by atoms with Crippen molar-refractivity contribution in [2.24, 2.45) is 0 Å². The maximum absolute atomic E-state index is 12.7. The molecule has 0 bridgehead atoms. The van der Waals surface area contributed by atoms with E-state index in [0.717, 1.165) is 64.2 Å². The molecule has 1 atom stereocenters. The number of hydrogen-bond acceptors (Lipinski definition) is 5. The molecule has 5 heteroatoms. The van der Waals surface area contributed by atoms with Crippen LogP contribution in [0.2, 0.25) is 0 Å². The van der Waals surface area contributed by atoms with E-state index >= 15 is 0 Å². The lowest BCUT2D eigenvalue weighted by Crippen LogP contribution is -2.30. The van der Waals surface area contributed by atoms with Crippen LogP contribution in [0, 0.1) is 0 Å². The zero-order chi connectivity index (χ0) is 40.7. The van der Waals surface area contributed by atoms with Gasteiger partial charge in [-0.05, 0) is 57.8 Å². The lowest BCUT2D eigenvalue weighted by atomic mass is 10.1. The second-order valence-corrected chi connectivity index (χ2v) is 15.3. The van der Waals surface area contributed by atoms with Crippen molar-refractivity contribution < 1.29 is 23.8 Å². The molecule has 0 saturated heterocycles. The quantitative estimate of drug-likeness (QED) is 0.0351. The highest BCUT2D eigenvalue weighted by molar-refractivity contribution is 5.70. The smallest absolute Gasteiger partial charge is 0.306 e. The Bertz CT molecular complexity index is 1020. The minimum Gasteiger partial charge on any atom is -0.462 e. The van der Waals surface area contributed by atoms with Crippen LogP contribution in [0.5, 0.6) is 0 Å². The van der Waals surface area contributed by atoms with Gasteiger partial charge in [0, 0.05) is 19.4 Å². The second kappa shape index (κ2) is 46.7. The molecule has 0 amide bonds. The fraction of sp³-hybridized carbons (Fsp3) is 0.725. The highest BCUT2D eigenvalue weighted by Gasteiger charge is 2.17. The van der Waals surface area contributed by atoms with Gasteiger partial charge in [0.1, 0.15) is 6.61 Å². The van der Waals surface area contributed by atoms with Gasteiger partial charge in [0.05, 0.1) is 6.61 Å². The summed E-state index contributed by atoms with van der Waals surface area (Å²) in [6.45, 7) is 7.63. The third-order valence-corrected chi connectivity index (χ3v) is 9.77. The number of unbranched alkanes of at least 4 members (excludes halogenated alkanes) is 19. The van der Waals surface area contributed by atoms with E-state index in [-0.39, 0.29) is 25.2 Å². The van der Waals surface area contributed by atoms with Gasteiger partial charge >= 0.3 is 11.9 Å². The van der Waals surface area contributed by atoms with Crippen LogP contribution in [-0.4, -0.2) is 37.9 Å². The van der Waals surface area contributed by atoms with Crippen LogP contribution in [0.4, 0.5) is 0 Å². The van der Waals surface area contributed by atoms with Crippen molar-refractivity contribution in [1.82, 2.24) is 0 Å². The normalized spacial score (nSPS) is 12.8. The van der Waals surface area contributed by atoms with E-state index in [2.05, 4.69) is 87.6 Å². The van der Waals surface area contributed by atoms with Crippen LogP contribution in [-0.2, 0) is 23.8 Å². The predicted molar refractivity (Wildman–Crippen MR) is 242 cm³/mol. The molecule has 0 heterocycles. The molecule has 0 aromatic rings. The minimum absolute atomic E-state index is 0.0462. The van der Waals surface area contributed by atoms with Crippen LogP contribution >= 0.6 is 0 Å². The molecule has 0 saturated carbocycles. The molecule has 322 valence electrons. The van der Waals surface area contributed by atoms with Crippen LogP contribution in [0.25, 0.3) is 0 Å². The average Bonchev–Trinajstić information content (AvgIpc) is 3.20. The Labute approximate surface area is 347 Å². The summed E-state index contributed by atoms with van der Waals surface area (Å²) in [5.41, 5.74) is 0. The van der Waals surface area contributed by atoms with Crippen molar-refractivity contribution in [2.75, 3.05) is 19.8 Å². The van der Waals surface area contributed by atoms with Gasteiger partial charge in [0.15, 0.2) is 6.10 Å². The minimum atomic E-state index is -0.562. The van der Waals surface area contributed by atoms with Crippen molar-refractivity contribution in [2.45, 2.75) is 219 Å². The zero-order valence-corrected chi connectivity index (χ0v) is 36.9. The fourth-order valence-corrected chi connectivity index (χ4v) is 6.30. The lowest BCUT2D eigenvalue weighted by Gasteiger charge is -2.18. The standard InChI is InChI=1S/C51H88O5/c1-4-7-10-13-16-19-22-23-24-25-26-27-28-29-31-32-35-38-41-44-50(52)55-48-49(47-54-46-43-40-37-34-21-18-15-12-9-6-3)56-51(53)45-42-39-36-33-30-20-17-14-11-8-5-2/h7,10,16,19,23-24,26-27,29,31,35,38,49H,4-6,8-9,11-15,17-18,20-22,25,28,30,32-34,36-37,39-48H2,1-3H3/b10-7-,19-16-,24-23-,27-26-,31-29-,38-35-. The third kappa shape index (κ3) is 44.1. The van der Waals surface area contributed by atoms with Crippen LogP contribution in [0.3, 0.4) is 0 Å². The maximum atomic E-state index is 12.7. The number of allylic oxidation sites excluding steroid dienone is 12. The molecule has 0 aliphatic carbocycles. The van der Waals surface area contributed by atoms with Gasteiger partial charge in [0.2, 0.25) is 0 Å². The molecule has 0 aromatic heterocycles. The topological polar surface area (TPSA) is 61.8 Å². The number of hydrogen-bond donors (Lipinski definition) is 0. The number of rotatable bonds is 42. The predicted octanol–water partition coefficient (Wildman–Crippen LogP) is 15.6. The van der Waals surface area contributed by atoms with E-state index in [9.17, 15) is 9.59 Å². The molecule has 0 aliphatic rings. The first-order valence-electron chi connectivity index (χ1n) is 23.5. The maximum Gasteiger partial charge on any atom is 0.306 e. The average molecular weight is 781 g/mol. The van der Waals surface area contributed by atoms with Gasteiger partial charge in [-0.25, -0.2) is 0 Å². The summed E-state index contributed by atoms with van der Waals surface area (Å²) in [5.74, 6) is -0.492. The molecule has 0 fully saturated rings. The molecule has 0 rings (SSSR count). The Kier molecular flexibility index (Phi) is 44.5. The molecule has 0 aromatic carbocycles. The van der Waals surface area contributed by atoms with Crippen molar-refractivity contribution in [3.63, 3.8) is 0 Å². The molecule has 56 heavy (non-hydrogen) atoms. The second-order valence-electron chi connectivity index (χ2n) is 15.3. The molecule has 0 spiro atoms. The molecular formula is C51H88O5. The van der Waals surface area contributed by atoms with E-state index in [1.165, 1.54) is 109 Å². The van der Waals surface area contributed by atoms with Crippen molar-refractivity contribution in [1.29, 1.82) is 0 Å². The molecule has 0 radical (unpaired) electrons. The molecule has 0 aliphatic heterocycles. The van der Waals surface area contributed by atoms with Gasteiger partial charge in [-0.1, -0.05) is 216 Å². The van der Waals surface area contributed by atoms with Crippen LogP contribution in [0.1, 0.15) is 213 Å². The van der Waals surface area contributed by atoms with Crippen LogP contribution in [0.15, 0.2) is 72.9 Å². The Morgan fingerprint density at radius 3 is 1.25 bits per heavy atom. The first kappa shape index (κ1) is 53.3. The Morgan fingerprint density at radius 2 is 0.804 bits per heavy atom. The lowest BCUT2D eigenvalue weighted by molar-refractivity contribution is -0.162. The van der Waals surface area contributed by atoms with Crippen molar-refractivity contribution in [3.8, 4) is 0 Å². The molecule has 1 unspecified atom stereocenters. The van der Waals surface area contributed by atoms with Gasteiger partial charge in [0.25, 0.3) is 0 Å². The Morgan fingerprint density at radius 1 is 0.411 bits per heavy atom. The highest BCUT2D eigenvalue weighted by atomic mass is 16.6. The van der Waals surface area contributed by atoms with E-state index in [1.54, 1.807) is 0 Å². The van der Waals surface area contributed by atoms with E-state index < -0.39 is 6.10 Å². The molecule has 5 nitrogen and oxygen atoms in total. The van der Waals surface area contributed by atoms with Crippen molar-refractivity contribution >= 4 is 11.9 Å². The summed E-state index contributed by atoms with van der Waals surface area (Å²) in [4.78, 5) is 25.2. The van der Waals surface area contributed by atoms with Gasteiger partial charge in [-0.3, -0.25) is 9.59 Å². The summed E-state index contributed by atoms with van der Waals surface area (Å²) in [7, 11) is 0. The van der Waals surface area contributed by atoms with Crippen molar-refractivity contribution in [3.05, 3.63) is 72.9 Å². The summed E-state index contributed by atoms with van der Waals surface area (Å²) >= 11 is 0. The number of carbonyl (C=O) groups is 2.